The number of halogens is 1. The van der Waals surface area contributed by atoms with Crippen LogP contribution in [0.25, 0.3) is 0 Å². The van der Waals surface area contributed by atoms with Gasteiger partial charge in [0.05, 0.1) is 7.11 Å². The maximum absolute atomic E-state index is 5.89. The van der Waals surface area contributed by atoms with E-state index in [9.17, 15) is 0 Å². The van der Waals surface area contributed by atoms with Crippen molar-refractivity contribution in [3.05, 3.63) is 64.7 Å². The van der Waals surface area contributed by atoms with Crippen molar-refractivity contribution in [2.24, 2.45) is 0 Å². The molecular weight excluding hydrogens is 282 g/mol. The molecule has 3 heteroatoms. The van der Waals surface area contributed by atoms with Crippen LogP contribution in [0.4, 0.5) is 0 Å². The normalized spacial score (nSPS) is 12.1. The van der Waals surface area contributed by atoms with Gasteiger partial charge >= 0.3 is 0 Å². The Hall–Kier alpha value is -1.51. The highest BCUT2D eigenvalue weighted by Gasteiger charge is 2.07. The fraction of sp³-hybridized carbons (Fsp3) is 0.333. The molecule has 0 saturated carbocycles. The standard InChI is InChI=1S/C18H22ClNO/c1-14(13-16-5-3-4-6-18(16)21-2)20-12-11-15-7-9-17(19)10-8-15/h3-10,14,20H,11-13H2,1-2H3. The van der Waals surface area contributed by atoms with Gasteiger partial charge in [0.2, 0.25) is 0 Å². The van der Waals surface area contributed by atoms with Crippen molar-refractivity contribution in [3.63, 3.8) is 0 Å². The average molecular weight is 304 g/mol. The molecule has 0 fully saturated rings. The van der Waals surface area contributed by atoms with Gasteiger partial charge in [-0.25, -0.2) is 0 Å². The highest BCUT2D eigenvalue weighted by Crippen LogP contribution is 2.18. The number of ether oxygens (including phenoxy) is 1. The number of methoxy groups -OCH3 is 1. The molecule has 1 N–H and O–H groups in total. The molecule has 0 aliphatic heterocycles. The first-order valence-electron chi connectivity index (χ1n) is 7.29. The summed E-state index contributed by atoms with van der Waals surface area (Å²) in [6.07, 6.45) is 1.97. The topological polar surface area (TPSA) is 21.3 Å². The SMILES string of the molecule is COc1ccccc1CC(C)NCCc1ccc(Cl)cc1. The minimum Gasteiger partial charge on any atom is -0.496 e. The molecule has 0 aromatic heterocycles. The third kappa shape index (κ3) is 5.07. The van der Waals surface area contributed by atoms with E-state index in [1.165, 1.54) is 11.1 Å². The zero-order chi connectivity index (χ0) is 15.1. The second-order valence-corrected chi connectivity index (χ2v) is 5.68. The second kappa shape index (κ2) is 8.06. The van der Waals surface area contributed by atoms with Crippen LogP contribution in [0.3, 0.4) is 0 Å². The van der Waals surface area contributed by atoms with Gasteiger partial charge in [-0.15, -0.1) is 0 Å². The summed E-state index contributed by atoms with van der Waals surface area (Å²) < 4.78 is 5.39. The van der Waals surface area contributed by atoms with Gasteiger partial charge in [0.15, 0.2) is 0 Å². The van der Waals surface area contributed by atoms with E-state index in [0.717, 1.165) is 30.2 Å². The van der Waals surface area contributed by atoms with Crippen LogP contribution in [-0.4, -0.2) is 19.7 Å². The largest absolute Gasteiger partial charge is 0.496 e. The lowest BCUT2D eigenvalue weighted by atomic mass is 10.1. The van der Waals surface area contributed by atoms with E-state index in [0.29, 0.717) is 6.04 Å². The summed E-state index contributed by atoms with van der Waals surface area (Å²) in [6.45, 7) is 3.16. The molecule has 1 atom stereocenters. The molecule has 112 valence electrons. The van der Waals surface area contributed by atoms with Crippen LogP contribution in [-0.2, 0) is 12.8 Å². The van der Waals surface area contributed by atoms with Crippen LogP contribution < -0.4 is 10.1 Å². The minimum atomic E-state index is 0.411. The smallest absolute Gasteiger partial charge is 0.122 e. The van der Waals surface area contributed by atoms with E-state index in [2.05, 4.69) is 36.5 Å². The van der Waals surface area contributed by atoms with Crippen LogP contribution in [0.1, 0.15) is 18.1 Å². The molecule has 0 heterocycles. The lowest BCUT2D eigenvalue weighted by Crippen LogP contribution is -2.30. The molecule has 0 aliphatic carbocycles. The molecular formula is C18H22ClNO. The van der Waals surface area contributed by atoms with Gasteiger partial charge in [-0.2, -0.15) is 0 Å². The van der Waals surface area contributed by atoms with Crippen LogP contribution in [0.2, 0.25) is 5.02 Å². The van der Waals surface area contributed by atoms with Gasteiger partial charge in [0.25, 0.3) is 0 Å². The Kier molecular flexibility index (Phi) is 6.09. The number of hydrogen-bond donors (Lipinski definition) is 1. The summed E-state index contributed by atoms with van der Waals surface area (Å²) in [5.41, 5.74) is 2.54. The number of hydrogen-bond acceptors (Lipinski definition) is 2. The van der Waals surface area contributed by atoms with Crippen molar-refractivity contribution >= 4 is 11.6 Å². The van der Waals surface area contributed by atoms with Crippen LogP contribution >= 0.6 is 11.6 Å². The Bertz CT molecular complexity index is 553. The van der Waals surface area contributed by atoms with Crippen molar-refractivity contribution in [2.75, 3.05) is 13.7 Å². The third-order valence-corrected chi connectivity index (χ3v) is 3.79. The number of nitrogens with one attached hydrogen (secondary N) is 1. The summed E-state index contributed by atoms with van der Waals surface area (Å²) in [5, 5.41) is 4.35. The predicted octanol–water partition coefficient (Wildman–Crippen LogP) is 4.11. The van der Waals surface area contributed by atoms with Crippen molar-refractivity contribution in [1.29, 1.82) is 0 Å². The minimum absolute atomic E-state index is 0.411. The van der Waals surface area contributed by atoms with E-state index < -0.39 is 0 Å². The molecule has 0 aliphatic rings. The number of benzene rings is 2. The Labute approximate surface area is 132 Å². The average Bonchev–Trinajstić information content (AvgIpc) is 2.50. The first-order valence-corrected chi connectivity index (χ1v) is 7.66. The van der Waals surface area contributed by atoms with Crippen molar-refractivity contribution in [1.82, 2.24) is 5.32 Å². The monoisotopic (exact) mass is 303 g/mol. The molecule has 0 saturated heterocycles. The molecule has 2 rings (SSSR count). The Morgan fingerprint density at radius 3 is 2.52 bits per heavy atom. The van der Waals surface area contributed by atoms with Gasteiger partial charge in [-0.1, -0.05) is 41.9 Å². The fourth-order valence-electron chi connectivity index (χ4n) is 2.39. The van der Waals surface area contributed by atoms with Crippen LogP contribution in [0.5, 0.6) is 5.75 Å². The van der Waals surface area contributed by atoms with Crippen molar-refractivity contribution in [2.45, 2.75) is 25.8 Å². The molecule has 0 spiro atoms. The molecule has 0 amide bonds. The molecule has 0 radical (unpaired) electrons. The fourth-order valence-corrected chi connectivity index (χ4v) is 2.51. The number of para-hydroxylation sites is 1. The lowest BCUT2D eigenvalue weighted by molar-refractivity contribution is 0.406. The lowest BCUT2D eigenvalue weighted by Gasteiger charge is -2.16. The summed E-state index contributed by atoms with van der Waals surface area (Å²) in [4.78, 5) is 0. The quantitative estimate of drug-likeness (QED) is 0.831. The van der Waals surface area contributed by atoms with Gasteiger partial charge in [0, 0.05) is 11.1 Å². The van der Waals surface area contributed by atoms with Gasteiger partial charge in [-0.05, 0) is 55.6 Å². The molecule has 0 bridgehead atoms. The van der Waals surface area contributed by atoms with Gasteiger partial charge < -0.3 is 10.1 Å². The second-order valence-electron chi connectivity index (χ2n) is 5.25. The number of rotatable bonds is 7. The summed E-state index contributed by atoms with van der Waals surface area (Å²) in [6, 6.07) is 16.6. The summed E-state index contributed by atoms with van der Waals surface area (Å²) in [5.74, 6) is 0.962. The van der Waals surface area contributed by atoms with Crippen LogP contribution in [0, 0.1) is 0 Å². The predicted molar refractivity (Wildman–Crippen MR) is 89.3 cm³/mol. The van der Waals surface area contributed by atoms with E-state index in [1.54, 1.807) is 7.11 Å². The molecule has 2 aromatic rings. The van der Waals surface area contributed by atoms with Crippen molar-refractivity contribution < 1.29 is 4.74 Å². The third-order valence-electron chi connectivity index (χ3n) is 3.54. The van der Waals surface area contributed by atoms with Crippen molar-refractivity contribution in [3.8, 4) is 5.75 Å². The van der Waals surface area contributed by atoms with Crippen LogP contribution in [0.15, 0.2) is 48.5 Å². The maximum atomic E-state index is 5.89. The molecule has 2 aromatic carbocycles. The van der Waals surface area contributed by atoms with E-state index in [4.69, 9.17) is 16.3 Å². The summed E-state index contributed by atoms with van der Waals surface area (Å²) >= 11 is 5.89. The highest BCUT2D eigenvalue weighted by atomic mass is 35.5. The molecule has 1 unspecified atom stereocenters. The highest BCUT2D eigenvalue weighted by molar-refractivity contribution is 6.30. The van der Waals surface area contributed by atoms with Gasteiger partial charge in [-0.3, -0.25) is 0 Å². The van der Waals surface area contributed by atoms with E-state index in [1.807, 2.05) is 24.3 Å². The molecule has 21 heavy (non-hydrogen) atoms. The van der Waals surface area contributed by atoms with Gasteiger partial charge in [0.1, 0.15) is 5.75 Å². The molecule has 2 nitrogen and oxygen atoms in total. The Balaban J connectivity index is 1.79. The maximum Gasteiger partial charge on any atom is 0.122 e. The Morgan fingerprint density at radius 2 is 1.81 bits per heavy atom. The zero-order valence-corrected chi connectivity index (χ0v) is 13.4. The first kappa shape index (κ1) is 15.9. The summed E-state index contributed by atoms with van der Waals surface area (Å²) in [7, 11) is 1.72. The van der Waals surface area contributed by atoms with E-state index >= 15 is 0 Å². The van der Waals surface area contributed by atoms with E-state index in [-0.39, 0.29) is 0 Å². The zero-order valence-electron chi connectivity index (χ0n) is 12.6. The first-order chi connectivity index (χ1) is 10.2. The Morgan fingerprint density at radius 1 is 1.10 bits per heavy atom.